The molecule has 4 heterocycles. The van der Waals surface area contributed by atoms with Crippen molar-refractivity contribution in [2.75, 3.05) is 19.6 Å². The van der Waals surface area contributed by atoms with Gasteiger partial charge in [-0.3, -0.25) is 19.5 Å². The van der Waals surface area contributed by atoms with Crippen molar-refractivity contribution in [1.82, 2.24) is 30.3 Å². The van der Waals surface area contributed by atoms with Gasteiger partial charge in [-0.15, -0.1) is 10.2 Å². The number of rotatable bonds is 11. The molecule has 2 aromatic carbocycles. The first-order chi connectivity index (χ1) is 22.3. The summed E-state index contributed by atoms with van der Waals surface area (Å²) in [6.45, 7) is 10.2. The van der Waals surface area contributed by atoms with Crippen LogP contribution in [-0.2, 0) is 17.9 Å². The number of hydrogen-bond donors (Lipinski definition) is 1. The molecule has 0 spiro atoms. The predicted octanol–water partition coefficient (Wildman–Crippen LogP) is 6.67. The molecule has 240 valence electrons. The Labute approximate surface area is 275 Å². The van der Waals surface area contributed by atoms with Gasteiger partial charge in [-0.1, -0.05) is 50.7 Å². The lowest BCUT2D eigenvalue weighted by Gasteiger charge is -2.32. The molecular formula is C36H42N6O3S. The molecule has 2 saturated heterocycles. The molecule has 6 rings (SSSR count). The summed E-state index contributed by atoms with van der Waals surface area (Å²) in [5, 5.41) is 13.8. The van der Waals surface area contributed by atoms with Crippen molar-refractivity contribution in [2.45, 2.75) is 71.5 Å². The lowest BCUT2D eigenvalue weighted by molar-refractivity contribution is -0.128. The number of carbonyl (C=O) groups is 2. The number of ether oxygens (including phenoxy) is 1. The maximum atomic E-state index is 13.5. The molecule has 0 saturated carbocycles. The number of nitrogens with zero attached hydrogens (tertiary/aromatic N) is 5. The first-order valence-electron chi connectivity index (χ1n) is 16.3. The van der Waals surface area contributed by atoms with Crippen LogP contribution in [0, 0.1) is 5.92 Å². The Balaban J connectivity index is 1.15. The maximum Gasteiger partial charge on any atom is 0.251 e. The molecule has 46 heavy (non-hydrogen) atoms. The first kappa shape index (κ1) is 31.8. The van der Waals surface area contributed by atoms with Crippen molar-refractivity contribution >= 4 is 23.2 Å². The van der Waals surface area contributed by atoms with Crippen molar-refractivity contribution in [1.29, 1.82) is 0 Å². The lowest BCUT2D eigenvalue weighted by atomic mass is 10.0. The Hall–Kier alpha value is -4.15. The molecule has 1 atom stereocenters. The third-order valence-corrected chi connectivity index (χ3v) is 10.2. The van der Waals surface area contributed by atoms with Crippen LogP contribution >= 0.6 is 11.3 Å². The molecule has 0 aliphatic carbocycles. The van der Waals surface area contributed by atoms with Gasteiger partial charge >= 0.3 is 0 Å². The molecule has 10 heteroatoms. The number of carbonyl (C=O) groups excluding carboxylic acids is 2. The normalized spacial score (nSPS) is 17.5. The highest BCUT2D eigenvalue weighted by molar-refractivity contribution is 7.14. The van der Waals surface area contributed by atoms with Gasteiger partial charge in [0.1, 0.15) is 21.5 Å². The number of aromatic nitrogens is 3. The Morgan fingerprint density at radius 3 is 2.54 bits per heavy atom. The Morgan fingerprint density at radius 2 is 1.87 bits per heavy atom. The fraction of sp³-hybridized carbons (Fsp3) is 0.417. The molecule has 4 aromatic rings. The van der Waals surface area contributed by atoms with Crippen LogP contribution in [0.3, 0.4) is 0 Å². The van der Waals surface area contributed by atoms with Gasteiger partial charge in [0.25, 0.3) is 5.91 Å². The van der Waals surface area contributed by atoms with Crippen LogP contribution in [0.2, 0.25) is 0 Å². The highest BCUT2D eigenvalue weighted by Crippen LogP contribution is 2.33. The summed E-state index contributed by atoms with van der Waals surface area (Å²) in [5.41, 5.74) is 3.60. The van der Waals surface area contributed by atoms with Crippen LogP contribution in [-0.4, -0.2) is 62.5 Å². The summed E-state index contributed by atoms with van der Waals surface area (Å²) >= 11 is 1.60. The van der Waals surface area contributed by atoms with E-state index in [4.69, 9.17) is 4.74 Å². The van der Waals surface area contributed by atoms with E-state index < -0.39 is 0 Å². The van der Waals surface area contributed by atoms with Crippen molar-refractivity contribution in [3.8, 4) is 22.1 Å². The molecule has 2 fully saturated rings. The molecule has 2 amide bonds. The molecule has 0 bridgehead atoms. The average Bonchev–Trinajstić information content (AvgIpc) is 3.71. The van der Waals surface area contributed by atoms with Crippen molar-refractivity contribution < 1.29 is 14.3 Å². The molecule has 1 unspecified atom stereocenters. The number of piperidine rings is 1. The maximum absolute atomic E-state index is 13.5. The van der Waals surface area contributed by atoms with E-state index in [2.05, 4.69) is 52.2 Å². The number of nitrogens with one attached hydrogen (secondary N) is 1. The van der Waals surface area contributed by atoms with Crippen LogP contribution in [0.4, 0.5) is 0 Å². The molecule has 9 nitrogen and oxygen atoms in total. The predicted molar refractivity (Wildman–Crippen MR) is 180 cm³/mol. The molecule has 2 aromatic heterocycles. The minimum Gasteiger partial charge on any atom is -0.457 e. The number of amides is 2. The molecule has 1 N–H and O–H groups in total. The van der Waals surface area contributed by atoms with E-state index in [1.54, 1.807) is 17.5 Å². The minimum atomic E-state index is -0.113. The number of benzene rings is 2. The summed E-state index contributed by atoms with van der Waals surface area (Å²) < 4.78 is 6.43. The fourth-order valence-electron chi connectivity index (χ4n) is 6.04. The number of likely N-dealkylation sites (tertiary alicyclic amines) is 2. The van der Waals surface area contributed by atoms with Gasteiger partial charge in [0.05, 0.1) is 0 Å². The molecule has 0 radical (unpaired) electrons. The van der Waals surface area contributed by atoms with Gasteiger partial charge in [-0.05, 0) is 66.8 Å². The van der Waals surface area contributed by atoms with E-state index in [9.17, 15) is 9.59 Å². The highest BCUT2D eigenvalue weighted by atomic mass is 32.1. The lowest BCUT2D eigenvalue weighted by Crippen LogP contribution is -2.44. The van der Waals surface area contributed by atoms with Gasteiger partial charge in [0.2, 0.25) is 5.91 Å². The summed E-state index contributed by atoms with van der Waals surface area (Å²) in [7, 11) is 0. The minimum absolute atomic E-state index is 0.110. The smallest absolute Gasteiger partial charge is 0.251 e. The third-order valence-electron chi connectivity index (χ3n) is 8.88. The summed E-state index contributed by atoms with van der Waals surface area (Å²) in [6, 6.07) is 17.5. The second-order valence-electron chi connectivity index (χ2n) is 12.7. The standard InChI is InChI=1S/C36H42N6O3S/c1-4-25-18-33(43)42(22-25)23-29-8-7-28(34(44)38-30-13-16-41(17-14-30)21-26-6-5-15-37-20-26)19-32(29)45-31-11-9-27(10-12-31)36-40-39-35(46-36)24(2)3/h5-12,15,19-20,24-25,30H,4,13-14,16-18,21-23H2,1-3H3,(H,38,44). The molecule has 2 aliphatic heterocycles. The van der Waals surface area contributed by atoms with E-state index in [1.807, 2.05) is 59.6 Å². The second-order valence-corrected chi connectivity index (χ2v) is 13.7. The van der Waals surface area contributed by atoms with E-state index in [0.29, 0.717) is 41.9 Å². The molecular weight excluding hydrogens is 597 g/mol. The van der Waals surface area contributed by atoms with Crippen molar-refractivity contribution in [2.24, 2.45) is 5.92 Å². The summed E-state index contributed by atoms with van der Waals surface area (Å²) in [6.07, 6.45) is 7.05. The van der Waals surface area contributed by atoms with Gasteiger partial charge in [0, 0.05) is 80.2 Å². The van der Waals surface area contributed by atoms with Crippen LogP contribution in [0.15, 0.2) is 67.0 Å². The summed E-state index contributed by atoms with van der Waals surface area (Å²) in [5.74, 6) is 1.99. The largest absolute Gasteiger partial charge is 0.457 e. The van der Waals surface area contributed by atoms with Gasteiger partial charge in [-0.25, -0.2) is 0 Å². The average molecular weight is 639 g/mol. The highest BCUT2D eigenvalue weighted by Gasteiger charge is 2.29. The van der Waals surface area contributed by atoms with Gasteiger partial charge in [0.15, 0.2) is 0 Å². The van der Waals surface area contributed by atoms with E-state index in [1.165, 1.54) is 5.56 Å². The number of pyridine rings is 1. The first-order valence-corrected chi connectivity index (χ1v) is 17.1. The van der Waals surface area contributed by atoms with Crippen LogP contribution < -0.4 is 10.1 Å². The van der Waals surface area contributed by atoms with Gasteiger partial charge in [-0.2, -0.15) is 0 Å². The van der Waals surface area contributed by atoms with E-state index in [-0.39, 0.29) is 17.9 Å². The zero-order valence-electron chi connectivity index (χ0n) is 26.8. The second kappa shape index (κ2) is 14.5. The zero-order chi connectivity index (χ0) is 32.0. The Bertz CT molecular complexity index is 1630. The van der Waals surface area contributed by atoms with Crippen molar-refractivity contribution in [3.05, 3.63) is 88.7 Å². The third kappa shape index (κ3) is 7.79. The quantitative estimate of drug-likeness (QED) is 0.196. The van der Waals surface area contributed by atoms with E-state index in [0.717, 1.165) is 66.6 Å². The van der Waals surface area contributed by atoms with Gasteiger partial charge < -0.3 is 15.0 Å². The Kier molecular flexibility index (Phi) is 10.0. The van der Waals surface area contributed by atoms with Crippen LogP contribution in [0.1, 0.15) is 78.9 Å². The Morgan fingerprint density at radius 1 is 1.07 bits per heavy atom. The molecule has 2 aliphatic rings. The van der Waals surface area contributed by atoms with Crippen molar-refractivity contribution in [3.63, 3.8) is 0 Å². The van der Waals surface area contributed by atoms with E-state index >= 15 is 0 Å². The fourth-order valence-corrected chi connectivity index (χ4v) is 6.89. The topological polar surface area (TPSA) is 101 Å². The van der Waals surface area contributed by atoms with Crippen LogP contribution in [0.5, 0.6) is 11.5 Å². The monoisotopic (exact) mass is 638 g/mol. The zero-order valence-corrected chi connectivity index (χ0v) is 27.6. The SMILES string of the molecule is CCC1CC(=O)N(Cc2ccc(C(=O)NC3CCN(Cc4cccnc4)CC3)cc2Oc2ccc(-c3nnc(C(C)C)s3)cc2)C1. The summed E-state index contributed by atoms with van der Waals surface area (Å²) in [4.78, 5) is 34.8. The number of hydrogen-bond acceptors (Lipinski definition) is 8. The van der Waals surface area contributed by atoms with Crippen LogP contribution in [0.25, 0.3) is 10.6 Å².